The van der Waals surface area contributed by atoms with Crippen LogP contribution in [0.4, 0.5) is 4.39 Å². The lowest BCUT2D eigenvalue weighted by molar-refractivity contribution is 0.591. The maximum atomic E-state index is 15.7. The molecule has 0 bridgehead atoms. The van der Waals surface area contributed by atoms with E-state index in [0.29, 0.717) is 16.8 Å². The Balaban J connectivity index is 1.79. The van der Waals surface area contributed by atoms with Crippen molar-refractivity contribution in [2.75, 3.05) is 0 Å². The highest BCUT2D eigenvalue weighted by Crippen LogP contribution is 2.41. The number of halogens is 1. The van der Waals surface area contributed by atoms with Gasteiger partial charge in [0.2, 0.25) is 0 Å². The molecule has 168 valence electrons. The Kier molecular flexibility index (Phi) is 5.00. The molecule has 0 aliphatic carbocycles. The van der Waals surface area contributed by atoms with E-state index in [1.165, 1.54) is 10.8 Å². The molecule has 2 heterocycles. The van der Waals surface area contributed by atoms with E-state index in [1.807, 2.05) is 13.0 Å². The number of thiophene rings is 1. The first-order valence-electron chi connectivity index (χ1n) is 11.4. The largest absolute Gasteiger partial charge is 0.235 e. The van der Waals surface area contributed by atoms with Gasteiger partial charge >= 0.3 is 0 Å². The summed E-state index contributed by atoms with van der Waals surface area (Å²) in [5, 5.41) is 4.52. The molecule has 0 atom stereocenters. The van der Waals surface area contributed by atoms with Crippen molar-refractivity contribution < 1.29 is 4.39 Å². The second-order valence-electron chi connectivity index (χ2n) is 11.0. The van der Waals surface area contributed by atoms with Gasteiger partial charge < -0.3 is 0 Å². The van der Waals surface area contributed by atoms with Gasteiger partial charge in [0.1, 0.15) is 12.1 Å². The van der Waals surface area contributed by atoms with Gasteiger partial charge in [-0.2, -0.15) is 0 Å². The first-order chi connectivity index (χ1) is 15.4. The molecule has 0 amide bonds. The van der Waals surface area contributed by atoms with Gasteiger partial charge in [0, 0.05) is 15.6 Å². The van der Waals surface area contributed by atoms with E-state index in [4.69, 9.17) is 0 Å². The molecule has 2 nitrogen and oxygen atoms in total. The number of benzene rings is 3. The van der Waals surface area contributed by atoms with Crippen molar-refractivity contribution in [2.24, 2.45) is 0 Å². The molecule has 5 aromatic rings. The third-order valence-corrected chi connectivity index (χ3v) is 9.75. The van der Waals surface area contributed by atoms with Crippen molar-refractivity contribution in [3.8, 4) is 11.3 Å². The van der Waals surface area contributed by atoms with Crippen LogP contribution in [0.2, 0.25) is 19.6 Å². The average Bonchev–Trinajstić information content (AvgIpc) is 3.13. The minimum atomic E-state index is -1.48. The summed E-state index contributed by atoms with van der Waals surface area (Å²) in [7, 11) is -1.48. The number of nitrogens with zero attached hydrogens (tertiary/aromatic N) is 2. The summed E-state index contributed by atoms with van der Waals surface area (Å²) in [4.78, 5) is 9.18. The molecule has 0 N–H and O–H groups in total. The van der Waals surface area contributed by atoms with E-state index < -0.39 is 8.07 Å². The third kappa shape index (κ3) is 3.67. The topological polar surface area (TPSA) is 25.8 Å². The van der Waals surface area contributed by atoms with Crippen molar-refractivity contribution >= 4 is 55.7 Å². The van der Waals surface area contributed by atoms with Gasteiger partial charge in [-0.25, -0.2) is 14.4 Å². The summed E-state index contributed by atoms with van der Waals surface area (Å²) >= 11 is 1.66. The molecule has 0 saturated heterocycles. The molecule has 0 spiro atoms. The molecule has 33 heavy (non-hydrogen) atoms. The fourth-order valence-corrected chi connectivity index (χ4v) is 6.81. The molecule has 2 aromatic heterocycles. The predicted octanol–water partition coefficient (Wildman–Crippen LogP) is 7.95. The molecule has 5 heteroatoms. The van der Waals surface area contributed by atoms with Crippen LogP contribution in [0.15, 0.2) is 48.8 Å². The van der Waals surface area contributed by atoms with Gasteiger partial charge in [-0.1, -0.05) is 75.9 Å². The zero-order chi connectivity index (χ0) is 23.7. The Morgan fingerprint density at radius 2 is 1.64 bits per heavy atom. The quantitative estimate of drug-likeness (QED) is 0.244. The summed E-state index contributed by atoms with van der Waals surface area (Å²) in [5.41, 5.74) is 4.15. The summed E-state index contributed by atoms with van der Waals surface area (Å²) < 4.78 is 17.8. The number of fused-ring (bicyclic) bond motifs is 4. The second kappa shape index (κ2) is 7.44. The van der Waals surface area contributed by atoms with Gasteiger partial charge in [-0.15, -0.1) is 11.3 Å². The maximum Gasteiger partial charge on any atom is 0.136 e. The lowest BCUT2D eigenvalue weighted by Gasteiger charge is -2.18. The Morgan fingerprint density at radius 3 is 2.33 bits per heavy atom. The number of hydrogen-bond acceptors (Lipinski definition) is 3. The molecule has 3 aromatic carbocycles. The SMILES string of the molecule is Cc1c(F)c(-c2ncnc3c2sc2cc(C(C)(C)C)ccc23)cc2cc([Si](C)(C)C)ccc12. The molecule has 0 saturated carbocycles. The van der Waals surface area contributed by atoms with Crippen LogP contribution in [0.5, 0.6) is 0 Å². The van der Waals surface area contributed by atoms with Gasteiger partial charge in [-0.05, 0) is 46.4 Å². The van der Waals surface area contributed by atoms with E-state index in [2.05, 4.69) is 86.8 Å². The van der Waals surface area contributed by atoms with Gasteiger partial charge in [0.15, 0.2) is 0 Å². The molecular weight excluding hydrogens is 443 g/mol. The molecule has 0 unspecified atom stereocenters. The fourth-order valence-electron chi connectivity index (χ4n) is 4.43. The van der Waals surface area contributed by atoms with E-state index in [-0.39, 0.29) is 11.2 Å². The molecule has 0 aliphatic rings. The highest BCUT2D eigenvalue weighted by molar-refractivity contribution is 7.26. The third-order valence-electron chi connectivity index (χ3n) is 6.56. The van der Waals surface area contributed by atoms with E-state index in [9.17, 15) is 0 Å². The van der Waals surface area contributed by atoms with Crippen LogP contribution in [-0.4, -0.2) is 18.0 Å². The minimum Gasteiger partial charge on any atom is -0.235 e. The van der Waals surface area contributed by atoms with E-state index in [0.717, 1.165) is 31.1 Å². The Labute approximate surface area is 199 Å². The molecule has 0 radical (unpaired) electrons. The predicted molar refractivity (Wildman–Crippen MR) is 144 cm³/mol. The molecular formula is C28H29FN2SSi. The molecule has 5 rings (SSSR count). The second-order valence-corrected chi connectivity index (χ2v) is 17.1. The summed E-state index contributed by atoms with van der Waals surface area (Å²) in [5.74, 6) is -0.198. The number of rotatable bonds is 2. The normalized spacial score (nSPS) is 12.8. The van der Waals surface area contributed by atoms with Crippen LogP contribution in [0.3, 0.4) is 0 Å². The van der Waals surface area contributed by atoms with Gasteiger partial charge in [0.05, 0.1) is 24.0 Å². The van der Waals surface area contributed by atoms with Gasteiger partial charge in [-0.3, -0.25) is 0 Å². The molecule has 0 aliphatic heterocycles. The van der Waals surface area contributed by atoms with Gasteiger partial charge in [0.25, 0.3) is 0 Å². The number of hydrogen-bond donors (Lipinski definition) is 0. The highest BCUT2D eigenvalue weighted by atomic mass is 32.1. The van der Waals surface area contributed by atoms with Crippen molar-refractivity contribution in [1.29, 1.82) is 0 Å². The van der Waals surface area contributed by atoms with Crippen molar-refractivity contribution in [3.63, 3.8) is 0 Å². The smallest absolute Gasteiger partial charge is 0.136 e. The Hall–Kier alpha value is -2.63. The zero-order valence-electron chi connectivity index (χ0n) is 20.3. The van der Waals surface area contributed by atoms with Crippen LogP contribution in [0.25, 0.3) is 42.3 Å². The first-order valence-corrected chi connectivity index (χ1v) is 15.7. The van der Waals surface area contributed by atoms with Crippen LogP contribution in [0.1, 0.15) is 31.9 Å². The van der Waals surface area contributed by atoms with Crippen molar-refractivity contribution in [2.45, 2.75) is 52.8 Å². The number of aromatic nitrogens is 2. The first kappa shape index (κ1) is 22.2. The van der Waals surface area contributed by atoms with E-state index >= 15 is 4.39 Å². The molecule has 0 fully saturated rings. The van der Waals surface area contributed by atoms with Crippen molar-refractivity contribution in [1.82, 2.24) is 9.97 Å². The Bertz CT molecular complexity index is 1550. The van der Waals surface area contributed by atoms with Crippen LogP contribution in [-0.2, 0) is 5.41 Å². The summed E-state index contributed by atoms with van der Waals surface area (Å²) in [6.07, 6.45) is 1.57. The number of aryl methyl sites for hydroxylation is 1. The monoisotopic (exact) mass is 472 g/mol. The zero-order valence-corrected chi connectivity index (χ0v) is 22.1. The summed E-state index contributed by atoms with van der Waals surface area (Å²) in [6.45, 7) is 15.5. The highest BCUT2D eigenvalue weighted by Gasteiger charge is 2.22. The standard InChI is InChI=1S/C28H29FN2SSi/c1-16-20-11-9-19(33(5,6)7)12-17(20)13-22(24(16)29)26-27-25(30-15-31-26)21-10-8-18(28(2,3)4)14-23(21)32-27/h8-15H,1-7H3. The van der Waals surface area contributed by atoms with Crippen LogP contribution >= 0.6 is 11.3 Å². The minimum absolute atomic E-state index is 0.0640. The fraction of sp³-hybridized carbons (Fsp3) is 0.286. The average molecular weight is 473 g/mol. The lowest BCUT2D eigenvalue weighted by Crippen LogP contribution is -2.37. The lowest BCUT2D eigenvalue weighted by atomic mass is 9.87. The summed E-state index contributed by atoms with van der Waals surface area (Å²) in [6, 6.07) is 15.0. The van der Waals surface area contributed by atoms with Crippen LogP contribution < -0.4 is 5.19 Å². The van der Waals surface area contributed by atoms with Crippen molar-refractivity contribution in [3.05, 3.63) is 65.7 Å². The Morgan fingerprint density at radius 1 is 0.909 bits per heavy atom. The van der Waals surface area contributed by atoms with E-state index in [1.54, 1.807) is 17.7 Å². The van der Waals surface area contributed by atoms with Crippen LogP contribution in [0, 0.1) is 12.7 Å². The maximum absolute atomic E-state index is 15.7.